The molecule has 218 valence electrons. The van der Waals surface area contributed by atoms with E-state index in [1.54, 1.807) is 48.5 Å². The SMILES string of the molecule is C[C@H](N(Cc1ccc(F)cc1)C(=O)CN1C(=O)O[C@@]2(CCc3cc(NC(=O)c4ccccc4)ccc32)C1=O)C(F)(F)F. The zero-order chi connectivity index (χ0) is 30.2. The monoisotopic (exact) mass is 583 g/mol. The number of carbonyl (C=O) groups is 4. The predicted octanol–water partition coefficient (Wildman–Crippen LogP) is 5.18. The summed E-state index contributed by atoms with van der Waals surface area (Å²) in [5.41, 5.74) is 0.419. The van der Waals surface area contributed by atoms with E-state index >= 15 is 0 Å². The van der Waals surface area contributed by atoms with Crippen molar-refractivity contribution in [3.05, 3.63) is 101 Å². The normalized spacial score (nSPS) is 18.5. The number of carbonyl (C=O) groups excluding carboxylic acids is 4. The molecule has 5 rings (SSSR count). The molecular formula is C30H25F4N3O5. The maximum atomic E-state index is 13.7. The molecule has 1 saturated heterocycles. The lowest BCUT2D eigenvalue weighted by atomic mass is 9.94. The van der Waals surface area contributed by atoms with Crippen molar-refractivity contribution in [1.82, 2.24) is 9.80 Å². The Morgan fingerprint density at radius 1 is 1.05 bits per heavy atom. The van der Waals surface area contributed by atoms with Crippen molar-refractivity contribution in [1.29, 1.82) is 0 Å². The van der Waals surface area contributed by atoms with Gasteiger partial charge in [0.15, 0.2) is 0 Å². The highest BCUT2D eigenvalue weighted by Gasteiger charge is 2.58. The van der Waals surface area contributed by atoms with Gasteiger partial charge in [-0.05, 0) is 60.9 Å². The Morgan fingerprint density at radius 3 is 2.40 bits per heavy atom. The summed E-state index contributed by atoms with van der Waals surface area (Å²) >= 11 is 0. The lowest BCUT2D eigenvalue weighted by Crippen LogP contribution is -2.51. The van der Waals surface area contributed by atoms with Crippen molar-refractivity contribution in [3.63, 3.8) is 0 Å². The van der Waals surface area contributed by atoms with Crippen LogP contribution < -0.4 is 5.32 Å². The number of fused-ring (bicyclic) bond motifs is 2. The molecule has 0 aromatic heterocycles. The van der Waals surface area contributed by atoms with Gasteiger partial charge in [0.25, 0.3) is 11.8 Å². The standard InChI is InChI=1S/C30H25F4N3O5/c1-18(30(32,33)34)36(16-19-7-9-22(31)10-8-19)25(38)17-37-27(40)29(42-28(37)41)14-13-21-15-23(11-12-24(21)29)35-26(39)20-5-3-2-4-6-20/h2-12,15,18H,13-14,16-17H2,1H3,(H,35,39)/t18-,29+/m0/s1. The van der Waals surface area contributed by atoms with Crippen LogP contribution in [0.2, 0.25) is 0 Å². The topological polar surface area (TPSA) is 96.0 Å². The molecule has 0 radical (unpaired) electrons. The van der Waals surface area contributed by atoms with Crippen LogP contribution in [0.5, 0.6) is 0 Å². The third kappa shape index (κ3) is 5.44. The average molecular weight is 584 g/mol. The number of ether oxygens (including phenoxy) is 1. The molecule has 12 heteroatoms. The molecule has 1 spiro atoms. The lowest BCUT2D eigenvalue weighted by molar-refractivity contribution is -0.187. The molecule has 42 heavy (non-hydrogen) atoms. The number of benzene rings is 3. The van der Waals surface area contributed by atoms with E-state index in [1.165, 1.54) is 12.1 Å². The van der Waals surface area contributed by atoms with Gasteiger partial charge in [0, 0.05) is 29.8 Å². The fourth-order valence-corrected chi connectivity index (χ4v) is 5.15. The molecule has 3 aromatic carbocycles. The maximum absolute atomic E-state index is 13.7. The Hall–Kier alpha value is -4.74. The molecule has 3 aromatic rings. The van der Waals surface area contributed by atoms with Crippen LogP contribution in [-0.4, -0.2) is 52.4 Å². The van der Waals surface area contributed by atoms with E-state index < -0.39 is 54.6 Å². The van der Waals surface area contributed by atoms with Gasteiger partial charge in [0.1, 0.15) is 18.4 Å². The summed E-state index contributed by atoms with van der Waals surface area (Å²) < 4.78 is 59.8. The third-order valence-electron chi connectivity index (χ3n) is 7.47. The van der Waals surface area contributed by atoms with E-state index in [1.807, 2.05) is 0 Å². The second kappa shape index (κ2) is 10.9. The number of imide groups is 1. The van der Waals surface area contributed by atoms with Crippen LogP contribution in [0.4, 0.5) is 28.0 Å². The highest BCUT2D eigenvalue weighted by Crippen LogP contribution is 2.46. The highest BCUT2D eigenvalue weighted by atomic mass is 19.4. The van der Waals surface area contributed by atoms with Crippen molar-refractivity contribution in [2.24, 2.45) is 0 Å². The van der Waals surface area contributed by atoms with Gasteiger partial charge in [-0.2, -0.15) is 13.2 Å². The molecule has 8 nitrogen and oxygen atoms in total. The molecule has 0 unspecified atom stereocenters. The van der Waals surface area contributed by atoms with E-state index in [0.29, 0.717) is 38.6 Å². The number of rotatable bonds is 7. The fraction of sp³-hybridized carbons (Fsp3) is 0.267. The summed E-state index contributed by atoms with van der Waals surface area (Å²) in [6.07, 6.45) is -5.58. The quantitative estimate of drug-likeness (QED) is 0.387. The second-order valence-corrected chi connectivity index (χ2v) is 10.1. The number of amides is 4. The average Bonchev–Trinajstić information content (AvgIpc) is 3.43. The van der Waals surface area contributed by atoms with Crippen LogP contribution in [0.3, 0.4) is 0 Å². The van der Waals surface area contributed by atoms with Gasteiger partial charge in [-0.15, -0.1) is 0 Å². The van der Waals surface area contributed by atoms with Gasteiger partial charge in [0.05, 0.1) is 0 Å². The first-order chi connectivity index (χ1) is 19.9. The van der Waals surface area contributed by atoms with Crippen LogP contribution >= 0.6 is 0 Å². The Labute approximate surface area is 237 Å². The summed E-state index contributed by atoms with van der Waals surface area (Å²) in [5, 5.41) is 2.78. The van der Waals surface area contributed by atoms with E-state index in [0.717, 1.165) is 19.1 Å². The van der Waals surface area contributed by atoms with Gasteiger partial charge in [-0.1, -0.05) is 36.4 Å². The van der Waals surface area contributed by atoms with Gasteiger partial charge in [-0.25, -0.2) is 14.1 Å². The van der Waals surface area contributed by atoms with Crippen molar-refractivity contribution >= 4 is 29.5 Å². The molecule has 1 aliphatic heterocycles. The minimum Gasteiger partial charge on any atom is -0.427 e. The summed E-state index contributed by atoms with van der Waals surface area (Å²) in [6.45, 7) is -0.710. The van der Waals surface area contributed by atoms with E-state index in [2.05, 4.69) is 5.32 Å². The first-order valence-electron chi connectivity index (χ1n) is 13.0. The molecule has 2 aliphatic rings. The van der Waals surface area contributed by atoms with Gasteiger partial charge in [-0.3, -0.25) is 14.4 Å². The van der Waals surface area contributed by atoms with Crippen molar-refractivity contribution in [2.45, 2.75) is 44.1 Å². The third-order valence-corrected chi connectivity index (χ3v) is 7.47. The number of halogens is 4. The Bertz CT molecular complexity index is 1540. The number of hydrogen-bond acceptors (Lipinski definition) is 5. The molecule has 4 amide bonds. The van der Waals surface area contributed by atoms with E-state index in [-0.39, 0.29) is 17.9 Å². The van der Waals surface area contributed by atoms with E-state index in [4.69, 9.17) is 4.74 Å². The summed E-state index contributed by atoms with van der Waals surface area (Å²) in [4.78, 5) is 53.1. The summed E-state index contributed by atoms with van der Waals surface area (Å²) in [5.74, 6) is -2.93. The second-order valence-electron chi connectivity index (χ2n) is 10.1. The number of aryl methyl sites for hydroxylation is 1. The van der Waals surface area contributed by atoms with Crippen LogP contribution in [0.1, 0.15) is 40.4 Å². The highest BCUT2D eigenvalue weighted by molar-refractivity contribution is 6.07. The lowest BCUT2D eigenvalue weighted by Gasteiger charge is -2.31. The zero-order valence-corrected chi connectivity index (χ0v) is 22.3. The first kappa shape index (κ1) is 28.8. The molecule has 2 atom stereocenters. The molecule has 0 saturated carbocycles. The Balaban J connectivity index is 1.34. The number of nitrogens with zero attached hydrogens (tertiary/aromatic N) is 2. The Kier molecular flexibility index (Phi) is 7.48. The predicted molar refractivity (Wildman–Crippen MR) is 141 cm³/mol. The fourth-order valence-electron chi connectivity index (χ4n) is 5.15. The van der Waals surface area contributed by atoms with Crippen molar-refractivity contribution < 1.29 is 41.5 Å². The zero-order valence-electron chi connectivity index (χ0n) is 22.3. The van der Waals surface area contributed by atoms with Crippen LogP contribution in [0.25, 0.3) is 0 Å². The molecule has 1 aliphatic carbocycles. The largest absolute Gasteiger partial charge is 0.427 e. The maximum Gasteiger partial charge on any atom is 0.418 e. The van der Waals surface area contributed by atoms with Crippen LogP contribution in [0.15, 0.2) is 72.8 Å². The van der Waals surface area contributed by atoms with Crippen molar-refractivity contribution in [2.75, 3.05) is 11.9 Å². The van der Waals surface area contributed by atoms with Gasteiger partial charge >= 0.3 is 12.3 Å². The number of nitrogens with one attached hydrogen (secondary N) is 1. The van der Waals surface area contributed by atoms with Gasteiger partial charge in [0.2, 0.25) is 11.5 Å². The summed E-state index contributed by atoms with van der Waals surface area (Å²) in [6, 6.07) is 15.6. The first-order valence-corrected chi connectivity index (χ1v) is 13.0. The molecule has 0 bridgehead atoms. The molecule has 1 heterocycles. The minimum atomic E-state index is -4.80. The number of anilines is 1. The summed E-state index contributed by atoms with van der Waals surface area (Å²) in [7, 11) is 0. The molecule has 1 fully saturated rings. The van der Waals surface area contributed by atoms with Crippen molar-refractivity contribution in [3.8, 4) is 0 Å². The smallest absolute Gasteiger partial charge is 0.418 e. The van der Waals surface area contributed by atoms with Crippen LogP contribution in [-0.2, 0) is 32.9 Å². The molecule has 1 N–H and O–H groups in total. The van der Waals surface area contributed by atoms with Crippen LogP contribution in [0, 0.1) is 5.82 Å². The number of alkyl halides is 3. The van der Waals surface area contributed by atoms with Gasteiger partial charge < -0.3 is 15.0 Å². The number of hydrogen-bond donors (Lipinski definition) is 1. The minimum absolute atomic E-state index is 0.0614. The Morgan fingerprint density at radius 2 is 1.74 bits per heavy atom. The molecular weight excluding hydrogens is 558 g/mol. The van der Waals surface area contributed by atoms with E-state index in [9.17, 15) is 36.7 Å².